The minimum absolute atomic E-state index is 0.0884. The first kappa shape index (κ1) is 20.9. The number of methoxy groups -OCH3 is 2. The number of rotatable bonds is 7. The Labute approximate surface area is 182 Å². The topological polar surface area (TPSA) is 70.7 Å². The summed E-state index contributed by atoms with van der Waals surface area (Å²) in [5.74, 6) is 1.71. The van der Waals surface area contributed by atoms with Gasteiger partial charge >= 0.3 is 0 Å². The monoisotopic (exact) mass is 420 g/mol. The number of aromatic amines is 1. The number of likely N-dealkylation sites (N-methyl/N-ethyl adjacent to an activating group) is 1. The van der Waals surface area contributed by atoms with Crippen molar-refractivity contribution in [1.29, 1.82) is 0 Å². The number of nitrogens with zero attached hydrogens (tertiary/aromatic N) is 3. The van der Waals surface area contributed by atoms with Gasteiger partial charge in [-0.3, -0.25) is 9.69 Å². The lowest BCUT2D eigenvalue weighted by Crippen LogP contribution is -2.45. The van der Waals surface area contributed by atoms with Crippen molar-refractivity contribution < 1.29 is 14.3 Å². The van der Waals surface area contributed by atoms with Crippen LogP contribution in [0.1, 0.15) is 28.6 Å². The molecular formula is C24H28N4O3. The summed E-state index contributed by atoms with van der Waals surface area (Å²) >= 11 is 0. The number of fused-ring (bicyclic) bond motifs is 1. The number of hydrogen-bond acceptors (Lipinski definition) is 5. The Bertz CT molecular complexity index is 1010. The van der Waals surface area contributed by atoms with Crippen LogP contribution < -0.4 is 9.47 Å². The van der Waals surface area contributed by atoms with E-state index in [2.05, 4.69) is 9.97 Å². The van der Waals surface area contributed by atoms with Crippen molar-refractivity contribution in [3.63, 3.8) is 0 Å². The quantitative estimate of drug-likeness (QED) is 0.636. The molecule has 0 radical (unpaired) electrons. The summed E-state index contributed by atoms with van der Waals surface area (Å²) in [5, 5.41) is 0. The van der Waals surface area contributed by atoms with E-state index in [0.29, 0.717) is 19.6 Å². The highest BCUT2D eigenvalue weighted by Crippen LogP contribution is 2.34. The average molecular weight is 421 g/mol. The number of benzene rings is 2. The maximum atomic E-state index is 13.3. The molecule has 2 heterocycles. The lowest BCUT2D eigenvalue weighted by molar-refractivity contribution is -0.134. The zero-order chi connectivity index (χ0) is 21.8. The molecule has 1 atom stereocenters. The first-order chi connectivity index (χ1) is 15.1. The molecule has 1 aliphatic rings. The number of ether oxygens (including phenoxy) is 2. The molecule has 0 spiro atoms. The molecule has 0 fully saturated rings. The van der Waals surface area contributed by atoms with Gasteiger partial charge in [-0.2, -0.15) is 0 Å². The van der Waals surface area contributed by atoms with E-state index in [1.807, 2.05) is 65.4 Å². The molecule has 31 heavy (non-hydrogen) atoms. The van der Waals surface area contributed by atoms with Gasteiger partial charge in [0.05, 0.1) is 32.8 Å². The standard InChI is InChI=1S/C24H28N4O3/c1-27(14-17-4-8-19(30-2)9-5-17)15-22(29)28-13-12-21-23(26-16-25-21)24(28)18-6-10-20(31-3)11-7-18/h4-11,16,24H,12-15H2,1-3H3,(H,25,26). The summed E-state index contributed by atoms with van der Waals surface area (Å²) in [7, 11) is 5.27. The number of hydrogen-bond donors (Lipinski definition) is 1. The summed E-state index contributed by atoms with van der Waals surface area (Å²) in [4.78, 5) is 25.1. The zero-order valence-corrected chi connectivity index (χ0v) is 18.2. The maximum absolute atomic E-state index is 13.3. The maximum Gasteiger partial charge on any atom is 0.237 e. The second-order valence-corrected chi connectivity index (χ2v) is 7.80. The molecule has 4 rings (SSSR count). The van der Waals surface area contributed by atoms with Crippen LogP contribution in [0.4, 0.5) is 0 Å². The van der Waals surface area contributed by atoms with Gasteiger partial charge in [0, 0.05) is 25.2 Å². The molecular weight excluding hydrogens is 392 g/mol. The molecule has 1 aromatic heterocycles. The molecule has 2 aromatic carbocycles. The Balaban J connectivity index is 1.50. The van der Waals surface area contributed by atoms with Crippen LogP contribution in [-0.4, -0.2) is 60.0 Å². The van der Waals surface area contributed by atoms with E-state index in [1.54, 1.807) is 20.5 Å². The Morgan fingerprint density at radius 2 is 1.74 bits per heavy atom. The normalized spacial score (nSPS) is 15.6. The number of carbonyl (C=O) groups is 1. The summed E-state index contributed by atoms with van der Waals surface area (Å²) < 4.78 is 10.5. The number of carbonyl (C=O) groups excluding carboxylic acids is 1. The predicted octanol–water partition coefficient (Wildman–Crippen LogP) is 3.03. The predicted molar refractivity (Wildman–Crippen MR) is 118 cm³/mol. The first-order valence-corrected chi connectivity index (χ1v) is 10.4. The minimum atomic E-state index is -0.206. The lowest BCUT2D eigenvalue weighted by Gasteiger charge is -2.36. The van der Waals surface area contributed by atoms with E-state index >= 15 is 0 Å². The van der Waals surface area contributed by atoms with Gasteiger partial charge in [-0.25, -0.2) is 4.98 Å². The van der Waals surface area contributed by atoms with Gasteiger partial charge in [-0.1, -0.05) is 24.3 Å². The van der Waals surface area contributed by atoms with Gasteiger partial charge in [0.25, 0.3) is 0 Å². The van der Waals surface area contributed by atoms with Crippen LogP contribution in [0, 0.1) is 0 Å². The van der Waals surface area contributed by atoms with Gasteiger partial charge in [-0.05, 0) is 42.4 Å². The van der Waals surface area contributed by atoms with E-state index in [9.17, 15) is 4.79 Å². The highest BCUT2D eigenvalue weighted by Gasteiger charge is 2.34. The van der Waals surface area contributed by atoms with Crippen LogP contribution in [0.2, 0.25) is 0 Å². The summed E-state index contributed by atoms with van der Waals surface area (Å²) in [5.41, 5.74) is 4.18. The smallest absolute Gasteiger partial charge is 0.237 e. The van der Waals surface area contributed by atoms with Crippen molar-refractivity contribution in [3.8, 4) is 11.5 Å². The molecule has 1 N–H and O–H groups in total. The third-order valence-corrected chi connectivity index (χ3v) is 5.69. The molecule has 0 aliphatic carbocycles. The van der Waals surface area contributed by atoms with E-state index < -0.39 is 0 Å². The third kappa shape index (κ3) is 4.56. The van der Waals surface area contributed by atoms with Gasteiger partial charge in [0.2, 0.25) is 5.91 Å². The van der Waals surface area contributed by atoms with E-state index in [4.69, 9.17) is 9.47 Å². The van der Waals surface area contributed by atoms with Crippen LogP contribution in [0.25, 0.3) is 0 Å². The van der Waals surface area contributed by atoms with Gasteiger partial charge in [0.15, 0.2) is 0 Å². The Hall–Kier alpha value is -3.32. The third-order valence-electron chi connectivity index (χ3n) is 5.69. The van der Waals surface area contributed by atoms with Crippen molar-refractivity contribution in [2.45, 2.75) is 19.0 Å². The largest absolute Gasteiger partial charge is 0.497 e. The molecule has 7 heteroatoms. The van der Waals surface area contributed by atoms with Gasteiger partial charge < -0.3 is 19.4 Å². The Morgan fingerprint density at radius 3 is 2.39 bits per heavy atom. The molecule has 1 aliphatic heterocycles. The summed E-state index contributed by atoms with van der Waals surface area (Å²) in [6.45, 7) is 1.67. The minimum Gasteiger partial charge on any atom is -0.497 e. The number of nitrogens with one attached hydrogen (secondary N) is 1. The molecule has 0 saturated heterocycles. The number of imidazole rings is 1. The molecule has 7 nitrogen and oxygen atoms in total. The lowest BCUT2D eigenvalue weighted by atomic mass is 9.95. The van der Waals surface area contributed by atoms with E-state index in [-0.39, 0.29) is 11.9 Å². The molecule has 1 unspecified atom stereocenters. The molecule has 0 bridgehead atoms. The van der Waals surface area contributed by atoms with Crippen LogP contribution in [0.5, 0.6) is 11.5 Å². The van der Waals surface area contributed by atoms with Gasteiger partial charge in [-0.15, -0.1) is 0 Å². The fourth-order valence-electron chi connectivity index (χ4n) is 4.09. The number of aromatic nitrogens is 2. The van der Waals surface area contributed by atoms with Crippen LogP contribution in [-0.2, 0) is 17.8 Å². The average Bonchev–Trinajstić information content (AvgIpc) is 3.28. The highest BCUT2D eigenvalue weighted by atomic mass is 16.5. The summed E-state index contributed by atoms with van der Waals surface area (Å²) in [6.07, 6.45) is 2.49. The highest BCUT2D eigenvalue weighted by molar-refractivity contribution is 5.79. The van der Waals surface area contributed by atoms with E-state index in [0.717, 1.165) is 40.4 Å². The Kier molecular flexibility index (Phi) is 6.23. The SMILES string of the molecule is COc1ccc(CN(C)CC(=O)N2CCc3[nH]cnc3C2c2ccc(OC)cc2)cc1. The van der Waals surface area contributed by atoms with Crippen LogP contribution in [0.15, 0.2) is 54.9 Å². The second kappa shape index (κ2) is 9.22. The van der Waals surface area contributed by atoms with Crippen LogP contribution in [0.3, 0.4) is 0 Å². The molecule has 1 amide bonds. The zero-order valence-electron chi connectivity index (χ0n) is 18.2. The fraction of sp³-hybridized carbons (Fsp3) is 0.333. The van der Waals surface area contributed by atoms with Crippen molar-refractivity contribution in [1.82, 2.24) is 19.8 Å². The van der Waals surface area contributed by atoms with Crippen molar-refractivity contribution in [2.75, 3.05) is 34.4 Å². The molecule has 3 aromatic rings. The first-order valence-electron chi connectivity index (χ1n) is 10.4. The Morgan fingerprint density at radius 1 is 1.10 bits per heavy atom. The second-order valence-electron chi connectivity index (χ2n) is 7.80. The number of H-pyrrole nitrogens is 1. The summed E-state index contributed by atoms with van der Waals surface area (Å²) in [6, 6.07) is 15.6. The van der Waals surface area contributed by atoms with Gasteiger partial charge in [0.1, 0.15) is 17.5 Å². The number of amides is 1. The van der Waals surface area contributed by atoms with Crippen molar-refractivity contribution >= 4 is 5.91 Å². The fourth-order valence-corrected chi connectivity index (χ4v) is 4.09. The van der Waals surface area contributed by atoms with Crippen molar-refractivity contribution in [2.24, 2.45) is 0 Å². The molecule has 162 valence electrons. The van der Waals surface area contributed by atoms with Crippen molar-refractivity contribution in [3.05, 3.63) is 77.4 Å². The molecule has 0 saturated carbocycles. The van der Waals surface area contributed by atoms with E-state index in [1.165, 1.54) is 0 Å². The van der Waals surface area contributed by atoms with Crippen LogP contribution >= 0.6 is 0 Å².